The average Bonchev–Trinajstić information content (AvgIpc) is 2.69. The number of nitrogens with zero attached hydrogens (tertiary/aromatic N) is 1. The Morgan fingerprint density at radius 2 is 1.56 bits per heavy atom. The smallest absolute Gasteiger partial charge is 0.122 e. The van der Waals surface area contributed by atoms with Crippen molar-refractivity contribution in [1.82, 2.24) is 10.3 Å². The minimum absolute atomic E-state index is 0.0644. The van der Waals surface area contributed by atoms with Crippen LogP contribution in [0.5, 0.6) is 11.5 Å². The van der Waals surface area contributed by atoms with Gasteiger partial charge in [0.25, 0.3) is 0 Å². The molecule has 4 nitrogen and oxygen atoms in total. The second-order valence-corrected chi connectivity index (χ2v) is 5.70. The van der Waals surface area contributed by atoms with E-state index in [1.165, 1.54) is 5.56 Å². The number of hydrogen-bond donors (Lipinski definition) is 1. The second kappa shape index (κ2) is 8.31. The van der Waals surface area contributed by atoms with Gasteiger partial charge in [0.1, 0.15) is 11.5 Å². The number of methoxy groups -OCH3 is 2. The van der Waals surface area contributed by atoms with Crippen molar-refractivity contribution in [2.24, 2.45) is 0 Å². The zero-order valence-electron chi connectivity index (χ0n) is 14.5. The summed E-state index contributed by atoms with van der Waals surface area (Å²) in [6.07, 6.45) is 1.81. The molecule has 1 atom stereocenters. The molecule has 0 fully saturated rings. The summed E-state index contributed by atoms with van der Waals surface area (Å²) in [5, 5.41) is 3.60. The van der Waals surface area contributed by atoms with Gasteiger partial charge in [0.05, 0.1) is 26.0 Å². The molecule has 3 rings (SSSR count). The summed E-state index contributed by atoms with van der Waals surface area (Å²) in [4.78, 5) is 4.53. The lowest BCUT2D eigenvalue weighted by Gasteiger charge is -2.20. The lowest BCUT2D eigenvalue weighted by atomic mass is 10.0. The molecule has 0 aliphatic heterocycles. The van der Waals surface area contributed by atoms with E-state index in [1.807, 2.05) is 60.8 Å². The Kier molecular flexibility index (Phi) is 5.65. The average molecular weight is 334 g/mol. The van der Waals surface area contributed by atoms with Gasteiger partial charge < -0.3 is 14.8 Å². The standard InChI is InChI=1S/C21H22N2O2/c1-24-18-12-17(13-19(14-18)25-2)21(20-10-6-7-11-22-20)23-15-16-8-4-3-5-9-16/h3-14,21,23H,15H2,1-2H3. The second-order valence-electron chi connectivity index (χ2n) is 5.70. The maximum Gasteiger partial charge on any atom is 0.122 e. The third-order valence-corrected chi connectivity index (χ3v) is 4.04. The van der Waals surface area contributed by atoms with Gasteiger partial charge in [-0.15, -0.1) is 0 Å². The Morgan fingerprint density at radius 1 is 0.880 bits per heavy atom. The molecular formula is C21H22N2O2. The molecule has 4 heteroatoms. The fourth-order valence-electron chi connectivity index (χ4n) is 2.75. The predicted octanol–water partition coefficient (Wildman–Crippen LogP) is 3.98. The largest absolute Gasteiger partial charge is 0.497 e. The van der Waals surface area contributed by atoms with Crippen molar-refractivity contribution in [3.05, 3.63) is 89.7 Å². The van der Waals surface area contributed by atoms with E-state index in [4.69, 9.17) is 9.47 Å². The van der Waals surface area contributed by atoms with Gasteiger partial charge in [-0.05, 0) is 35.4 Å². The van der Waals surface area contributed by atoms with Crippen molar-refractivity contribution in [2.75, 3.05) is 14.2 Å². The summed E-state index contributed by atoms with van der Waals surface area (Å²) >= 11 is 0. The fraction of sp³-hybridized carbons (Fsp3) is 0.190. The molecule has 1 N–H and O–H groups in total. The lowest BCUT2D eigenvalue weighted by molar-refractivity contribution is 0.392. The molecule has 0 saturated heterocycles. The van der Waals surface area contributed by atoms with E-state index in [-0.39, 0.29) is 6.04 Å². The minimum Gasteiger partial charge on any atom is -0.497 e. The van der Waals surface area contributed by atoms with Crippen LogP contribution in [0.15, 0.2) is 72.9 Å². The maximum absolute atomic E-state index is 5.42. The molecule has 0 aliphatic rings. The van der Waals surface area contributed by atoms with Gasteiger partial charge in [-0.25, -0.2) is 0 Å². The summed E-state index contributed by atoms with van der Waals surface area (Å²) in [5.74, 6) is 1.52. The zero-order chi connectivity index (χ0) is 17.5. The van der Waals surface area contributed by atoms with Crippen LogP contribution in [0.3, 0.4) is 0 Å². The maximum atomic E-state index is 5.42. The van der Waals surface area contributed by atoms with Crippen molar-refractivity contribution in [2.45, 2.75) is 12.6 Å². The molecule has 0 saturated carbocycles. The molecule has 25 heavy (non-hydrogen) atoms. The highest BCUT2D eigenvalue weighted by molar-refractivity contribution is 5.42. The van der Waals surface area contributed by atoms with E-state index in [2.05, 4.69) is 22.4 Å². The Balaban J connectivity index is 1.94. The van der Waals surface area contributed by atoms with Gasteiger partial charge in [-0.2, -0.15) is 0 Å². The van der Waals surface area contributed by atoms with Gasteiger partial charge in [0.2, 0.25) is 0 Å². The third-order valence-electron chi connectivity index (χ3n) is 4.04. The first-order valence-electron chi connectivity index (χ1n) is 8.21. The third kappa shape index (κ3) is 4.37. The predicted molar refractivity (Wildman–Crippen MR) is 98.9 cm³/mol. The molecule has 1 unspecified atom stereocenters. The fourth-order valence-corrected chi connectivity index (χ4v) is 2.75. The molecule has 3 aromatic rings. The topological polar surface area (TPSA) is 43.4 Å². The van der Waals surface area contributed by atoms with Gasteiger partial charge >= 0.3 is 0 Å². The van der Waals surface area contributed by atoms with Crippen LogP contribution in [-0.4, -0.2) is 19.2 Å². The van der Waals surface area contributed by atoms with E-state index >= 15 is 0 Å². The number of benzene rings is 2. The molecule has 0 spiro atoms. The molecular weight excluding hydrogens is 312 g/mol. The van der Waals surface area contributed by atoms with Crippen LogP contribution in [0.1, 0.15) is 22.9 Å². The quantitative estimate of drug-likeness (QED) is 0.710. The van der Waals surface area contributed by atoms with Crippen LogP contribution in [0, 0.1) is 0 Å². The van der Waals surface area contributed by atoms with Crippen LogP contribution in [0.2, 0.25) is 0 Å². The number of rotatable bonds is 7. The molecule has 0 amide bonds. The monoisotopic (exact) mass is 334 g/mol. The van der Waals surface area contributed by atoms with Crippen molar-refractivity contribution in [3.63, 3.8) is 0 Å². The van der Waals surface area contributed by atoms with E-state index in [1.54, 1.807) is 14.2 Å². The molecule has 0 aliphatic carbocycles. The Labute approximate surface area is 148 Å². The van der Waals surface area contributed by atoms with Gasteiger partial charge in [-0.1, -0.05) is 36.4 Å². The van der Waals surface area contributed by atoms with Crippen molar-refractivity contribution in [1.29, 1.82) is 0 Å². The number of ether oxygens (including phenoxy) is 2. The Hall–Kier alpha value is -2.85. The van der Waals surface area contributed by atoms with Crippen LogP contribution in [-0.2, 0) is 6.54 Å². The first-order chi connectivity index (χ1) is 12.3. The van der Waals surface area contributed by atoms with Gasteiger partial charge in [0.15, 0.2) is 0 Å². The molecule has 1 aromatic heterocycles. The molecule has 0 radical (unpaired) electrons. The van der Waals surface area contributed by atoms with E-state index in [9.17, 15) is 0 Å². The van der Waals surface area contributed by atoms with Crippen LogP contribution < -0.4 is 14.8 Å². The van der Waals surface area contributed by atoms with E-state index in [0.29, 0.717) is 0 Å². The first-order valence-corrected chi connectivity index (χ1v) is 8.21. The summed E-state index contributed by atoms with van der Waals surface area (Å²) in [7, 11) is 3.32. The minimum atomic E-state index is -0.0644. The SMILES string of the molecule is COc1cc(OC)cc(C(NCc2ccccc2)c2ccccn2)c1. The van der Waals surface area contributed by atoms with Crippen molar-refractivity contribution < 1.29 is 9.47 Å². The van der Waals surface area contributed by atoms with Crippen molar-refractivity contribution >= 4 is 0 Å². The van der Waals surface area contributed by atoms with Crippen LogP contribution >= 0.6 is 0 Å². The number of hydrogen-bond acceptors (Lipinski definition) is 4. The summed E-state index contributed by atoms with van der Waals surface area (Å²) in [5.41, 5.74) is 3.22. The zero-order valence-corrected chi connectivity index (χ0v) is 14.5. The Morgan fingerprint density at radius 3 is 2.16 bits per heavy atom. The highest BCUT2D eigenvalue weighted by atomic mass is 16.5. The number of nitrogens with one attached hydrogen (secondary N) is 1. The molecule has 1 heterocycles. The highest BCUT2D eigenvalue weighted by Crippen LogP contribution is 2.29. The van der Waals surface area contributed by atoms with Crippen LogP contribution in [0.25, 0.3) is 0 Å². The van der Waals surface area contributed by atoms with Gasteiger partial charge in [-0.3, -0.25) is 4.98 Å². The van der Waals surface area contributed by atoms with Crippen molar-refractivity contribution in [3.8, 4) is 11.5 Å². The summed E-state index contributed by atoms with van der Waals surface area (Å²) < 4.78 is 10.8. The Bertz CT molecular complexity index is 769. The normalized spacial score (nSPS) is 11.8. The molecule has 0 bridgehead atoms. The van der Waals surface area contributed by atoms with E-state index in [0.717, 1.165) is 29.3 Å². The lowest BCUT2D eigenvalue weighted by Crippen LogP contribution is -2.23. The highest BCUT2D eigenvalue weighted by Gasteiger charge is 2.17. The van der Waals surface area contributed by atoms with Gasteiger partial charge in [0, 0.05) is 18.8 Å². The molecule has 2 aromatic carbocycles. The molecule has 128 valence electrons. The summed E-state index contributed by atoms with van der Waals surface area (Å²) in [6, 6.07) is 22.1. The number of aromatic nitrogens is 1. The van der Waals surface area contributed by atoms with Crippen LogP contribution in [0.4, 0.5) is 0 Å². The summed E-state index contributed by atoms with van der Waals surface area (Å²) in [6.45, 7) is 0.738. The van der Waals surface area contributed by atoms with E-state index < -0.39 is 0 Å². The first kappa shape index (κ1) is 17.0. The number of pyridine rings is 1.